The molecule has 4 nitrogen and oxygen atoms in total. The summed E-state index contributed by atoms with van der Waals surface area (Å²) in [5, 5.41) is 6.21. The number of hydrogen-bond acceptors (Lipinski definition) is 2. The van der Waals surface area contributed by atoms with E-state index in [4.69, 9.17) is 0 Å². The minimum atomic E-state index is 0.0203. The maximum atomic E-state index is 11.9. The monoisotopic (exact) mass is 247 g/mol. The lowest BCUT2D eigenvalue weighted by Gasteiger charge is -2.16. The van der Waals surface area contributed by atoms with Gasteiger partial charge in [0.25, 0.3) is 0 Å². The molecule has 0 bridgehead atoms. The van der Waals surface area contributed by atoms with E-state index in [9.17, 15) is 4.79 Å². The van der Waals surface area contributed by atoms with Gasteiger partial charge in [-0.2, -0.15) is 0 Å². The van der Waals surface area contributed by atoms with Crippen molar-refractivity contribution < 1.29 is 4.79 Å². The average Bonchev–Trinajstić information content (AvgIpc) is 2.92. The van der Waals surface area contributed by atoms with Gasteiger partial charge in [-0.1, -0.05) is 19.1 Å². The van der Waals surface area contributed by atoms with Gasteiger partial charge in [0, 0.05) is 25.3 Å². The second-order valence-corrected chi connectivity index (χ2v) is 4.60. The highest BCUT2D eigenvalue weighted by Gasteiger charge is 2.17. The van der Waals surface area contributed by atoms with Gasteiger partial charge in [0.2, 0.25) is 0 Å². The highest BCUT2D eigenvalue weighted by molar-refractivity contribution is 5.89. The van der Waals surface area contributed by atoms with Crippen LogP contribution in [0.5, 0.6) is 0 Å². The van der Waals surface area contributed by atoms with Gasteiger partial charge in [-0.25, -0.2) is 4.79 Å². The molecule has 0 aliphatic carbocycles. The fraction of sp³-hybridized carbons (Fsp3) is 0.500. The smallest absolute Gasteiger partial charge is 0.321 e. The summed E-state index contributed by atoms with van der Waals surface area (Å²) in [5.41, 5.74) is 2.10. The number of carbonyl (C=O) groups is 1. The molecule has 0 radical (unpaired) electrons. The van der Waals surface area contributed by atoms with Crippen LogP contribution in [0.25, 0.3) is 0 Å². The molecule has 18 heavy (non-hydrogen) atoms. The zero-order chi connectivity index (χ0) is 12.8. The molecule has 1 heterocycles. The number of carbonyl (C=O) groups excluding carboxylic acids is 1. The van der Waals surface area contributed by atoms with Crippen LogP contribution in [0, 0.1) is 0 Å². The Morgan fingerprint density at radius 1 is 1.22 bits per heavy atom. The number of rotatable bonds is 4. The number of anilines is 1. The van der Waals surface area contributed by atoms with Crippen molar-refractivity contribution >= 4 is 11.7 Å². The zero-order valence-corrected chi connectivity index (χ0v) is 10.9. The molecule has 2 amide bonds. The molecule has 1 aromatic carbocycles. The highest BCUT2D eigenvalue weighted by Crippen LogP contribution is 2.13. The Morgan fingerprint density at radius 3 is 2.50 bits per heavy atom. The van der Waals surface area contributed by atoms with E-state index >= 15 is 0 Å². The van der Waals surface area contributed by atoms with Gasteiger partial charge in [-0.15, -0.1) is 0 Å². The van der Waals surface area contributed by atoms with Gasteiger partial charge >= 0.3 is 6.03 Å². The minimum absolute atomic E-state index is 0.0203. The van der Waals surface area contributed by atoms with E-state index in [2.05, 4.69) is 17.6 Å². The van der Waals surface area contributed by atoms with Crippen molar-refractivity contribution in [2.45, 2.75) is 26.3 Å². The van der Waals surface area contributed by atoms with Gasteiger partial charge in [0.1, 0.15) is 0 Å². The molecule has 0 saturated carbocycles. The van der Waals surface area contributed by atoms with Crippen LogP contribution >= 0.6 is 0 Å². The van der Waals surface area contributed by atoms with Crippen molar-refractivity contribution in [2.24, 2.45) is 0 Å². The third-order valence-corrected chi connectivity index (χ3v) is 3.18. The Bertz CT molecular complexity index is 383. The SMILES string of the molecule is CCNCc1ccc(NC(=O)N2CCCC2)cc1. The Morgan fingerprint density at radius 2 is 1.89 bits per heavy atom. The van der Waals surface area contributed by atoms with Gasteiger partial charge in [-0.05, 0) is 37.1 Å². The first-order valence-electron chi connectivity index (χ1n) is 6.65. The molecule has 2 rings (SSSR count). The summed E-state index contributed by atoms with van der Waals surface area (Å²) in [7, 11) is 0. The Hall–Kier alpha value is -1.55. The third-order valence-electron chi connectivity index (χ3n) is 3.18. The van der Waals surface area contributed by atoms with Gasteiger partial charge < -0.3 is 15.5 Å². The van der Waals surface area contributed by atoms with Crippen LogP contribution in [-0.4, -0.2) is 30.6 Å². The van der Waals surface area contributed by atoms with E-state index in [1.54, 1.807) is 0 Å². The van der Waals surface area contributed by atoms with E-state index in [1.807, 2.05) is 29.2 Å². The number of hydrogen-bond donors (Lipinski definition) is 2. The van der Waals surface area contributed by atoms with Crippen LogP contribution in [0.15, 0.2) is 24.3 Å². The first kappa shape index (κ1) is 12.9. The second kappa shape index (κ2) is 6.40. The molecule has 1 aliphatic heterocycles. The topological polar surface area (TPSA) is 44.4 Å². The summed E-state index contributed by atoms with van der Waals surface area (Å²) >= 11 is 0. The molecule has 0 aromatic heterocycles. The number of likely N-dealkylation sites (tertiary alicyclic amines) is 1. The summed E-state index contributed by atoms with van der Waals surface area (Å²) in [6, 6.07) is 8.03. The fourth-order valence-corrected chi connectivity index (χ4v) is 2.10. The van der Waals surface area contributed by atoms with E-state index in [0.717, 1.165) is 44.7 Å². The number of nitrogens with one attached hydrogen (secondary N) is 2. The molecule has 4 heteroatoms. The summed E-state index contributed by atoms with van der Waals surface area (Å²) < 4.78 is 0. The fourth-order valence-electron chi connectivity index (χ4n) is 2.10. The first-order chi connectivity index (χ1) is 8.79. The molecule has 0 atom stereocenters. The van der Waals surface area contributed by atoms with E-state index < -0.39 is 0 Å². The molecular weight excluding hydrogens is 226 g/mol. The molecule has 1 aromatic rings. The van der Waals surface area contributed by atoms with Crippen molar-refractivity contribution in [1.29, 1.82) is 0 Å². The van der Waals surface area contributed by atoms with Crippen molar-refractivity contribution in [3.8, 4) is 0 Å². The first-order valence-corrected chi connectivity index (χ1v) is 6.65. The summed E-state index contributed by atoms with van der Waals surface area (Å²) in [4.78, 5) is 13.7. The third kappa shape index (κ3) is 3.47. The largest absolute Gasteiger partial charge is 0.325 e. The second-order valence-electron chi connectivity index (χ2n) is 4.60. The number of amides is 2. The number of nitrogens with zero attached hydrogens (tertiary/aromatic N) is 1. The number of benzene rings is 1. The molecule has 1 aliphatic rings. The molecule has 0 spiro atoms. The Balaban J connectivity index is 1.87. The van der Waals surface area contributed by atoms with Gasteiger partial charge in [0.05, 0.1) is 0 Å². The lowest BCUT2D eigenvalue weighted by molar-refractivity contribution is 0.222. The average molecular weight is 247 g/mol. The van der Waals surface area contributed by atoms with Crippen LogP contribution in [0.3, 0.4) is 0 Å². The van der Waals surface area contributed by atoms with E-state index in [-0.39, 0.29) is 6.03 Å². The maximum absolute atomic E-state index is 11.9. The van der Waals surface area contributed by atoms with Gasteiger partial charge in [-0.3, -0.25) is 0 Å². The van der Waals surface area contributed by atoms with Crippen molar-refractivity contribution in [3.05, 3.63) is 29.8 Å². The molecule has 1 saturated heterocycles. The van der Waals surface area contributed by atoms with Crippen LogP contribution in [0.1, 0.15) is 25.3 Å². The minimum Gasteiger partial charge on any atom is -0.325 e. The molecular formula is C14H21N3O. The molecule has 98 valence electrons. The molecule has 0 unspecified atom stereocenters. The number of urea groups is 1. The van der Waals surface area contributed by atoms with Crippen molar-refractivity contribution in [3.63, 3.8) is 0 Å². The Kier molecular flexibility index (Phi) is 4.59. The maximum Gasteiger partial charge on any atom is 0.321 e. The van der Waals surface area contributed by atoms with Crippen LogP contribution in [0.2, 0.25) is 0 Å². The lowest BCUT2D eigenvalue weighted by Crippen LogP contribution is -2.32. The summed E-state index contributed by atoms with van der Waals surface area (Å²) in [5.74, 6) is 0. The summed E-state index contributed by atoms with van der Waals surface area (Å²) in [6.07, 6.45) is 2.24. The van der Waals surface area contributed by atoms with E-state index in [0.29, 0.717) is 0 Å². The standard InChI is InChI=1S/C14H21N3O/c1-2-15-11-12-5-7-13(8-6-12)16-14(18)17-9-3-4-10-17/h5-8,15H,2-4,9-11H2,1H3,(H,16,18). The Labute approximate surface area is 108 Å². The normalized spacial score (nSPS) is 14.8. The highest BCUT2D eigenvalue weighted by atomic mass is 16.2. The van der Waals surface area contributed by atoms with Crippen LogP contribution < -0.4 is 10.6 Å². The van der Waals surface area contributed by atoms with Gasteiger partial charge in [0.15, 0.2) is 0 Å². The molecule has 1 fully saturated rings. The van der Waals surface area contributed by atoms with Crippen molar-refractivity contribution in [2.75, 3.05) is 25.0 Å². The zero-order valence-electron chi connectivity index (χ0n) is 10.9. The van der Waals surface area contributed by atoms with Crippen LogP contribution in [-0.2, 0) is 6.54 Å². The summed E-state index contributed by atoms with van der Waals surface area (Å²) in [6.45, 7) is 5.68. The quantitative estimate of drug-likeness (QED) is 0.858. The molecule has 2 N–H and O–H groups in total. The predicted molar refractivity (Wildman–Crippen MR) is 73.6 cm³/mol. The van der Waals surface area contributed by atoms with E-state index in [1.165, 1.54) is 5.56 Å². The lowest BCUT2D eigenvalue weighted by atomic mass is 10.2. The van der Waals surface area contributed by atoms with Crippen molar-refractivity contribution in [1.82, 2.24) is 10.2 Å². The van der Waals surface area contributed by atoms with Crippen LogP contribution in [0.4, 0.5) is 10.5 Å². The predicted octanol–water partition coefficient (Wildman–Crippen LogP) is 2.42.